The van der Waals surface area contributed by atoms with Crippen molar-refractivity contribution in [2.75, 3.05) is 0 Å². The van der Waals surface area contributed by atoms with E-state index in [1.54, 1.807) is 42.5 Å². The maximum Gasteiger partial charge on any atom is 0.288 e. The molecule has 6 nitrogen and oxygen atoms in total. The summed E-state index contributed by atoms with van der Waals surface area (Å²) >= 11 is 18.0. The molecule has 0 aliphatic rings. The van der Waals surface area contributed by atoms with Crippen molar-refractivity contribution in [3.05, 3.63) is 85.3 Å². The first-order valence-corrected chi connectivity index (χ1v) is 9.38. The summed E-state index contributed by atoms with van der Waals surface area (Å²) in [4.78, 5) is 19.3. The average molecular weight is 447 g/mol. The SMILES string of the molecule is O=[N+]([O-])c1cc(C=Nc2ccc3oc(-c4ccc(Cl)cc4Cl)nc3c2)ccc1Cl. The van der Waals surface area contributed by atoms with Crippen LogP contribution in [-0.4, -0.2) is 16.1 Å². The van der Waals surface area contributed by atoms with Crippen molar-refractivity contribution < 1.29 is 9.34 Å². The molecular weight excluding hydrogens is 437 g/mol. The zero-order valence-electron chi connectivity index (χ0n) is 14.5. The van der Waals surface area contributed by atoms with E-state index in [4.69, 9.17) is 39.2 Å². The fourth-order valence-electron chi connectivity index (χ4n) is 2.67. The largest absolute Gasteiger partial charge is 0.436 e. The van der Waals surface area contributed by atoms with Gasteiger partial charge in [-0.2, -0.15) is 0 Å². The summed E-state index contributed by atoms with van der Waals surface area (Å²) in [6.07, 6.45) is 1.52. The fourth-order valence-corrected chi connectivity index (χ4v) is 3.35. The molecule has 4 rings (SSSR count). The first-order valence-electron chi connectivity index (χ1n) is 8.25. The van der Waals surface area contributed by atoms with Crippen LogP contribution in [0, 0.1) is 10.1 Å². The van der Waals surface area contributed by atoms with E-state index in [9.17, 15) is 10.1 Å². The predicted octanol–water partition coefficient (Wildman–Crippen LogP) is 7.11. The van der Waals surface area contributed by atoms with Crippen molar-refractivity contribution in [1.82, 2.24) is 4.98 Å². The second kappa shape index (κ2) is 7.83. The van der Waals surface area contributed by atoms with Crippen molar-refractivity contribution in [1.29, 1.82) is 0 Å². The van der Waals surface area contributed by atoms with E-state index in [0.717, 1.165) is 0 Å². The van der Waals surface area contributed by atoms with Crippen LogP contribution in [0.1, 0.15) is 5.56 Å². The number of benzene rings is 3. The van der Waals surface area contributed by atoms with Crippen LogP contribution in [-0.2, 0) is 0 Å². The van der Waals surface area contributed by atoms with Crippen LogP contribution in [0.4, 0.5) is 11.4 Å². The monoisotopic (exact) mass is 445 g/mol. The molecular formula is C20H10Cl3N3O3. The lowest BCUT2D eigenvalue weighted by atomic mass is 10.2. The number of halogens is 3. The number of hydrogen-bond donors (Lipinski definition) is 0. The number of aliphatic imine (C=N–C) groups is 1. The fraction of sp³-hybridized carbons (Fsp3) is 0. The lowest BCUT2D eigenvalue weighted by Crippen LogP contribution is -1.91. The van der Waals surface area contributed by atoms with Crippen molar-refractivity contribution in [3.8, 4) is 11.5 Å². The lowest BCUT2D eigenvalue weighted by molar-refractivity contribution is -0.384. The molecule has 3 aromatic carbocycles. The minimum Gasteiger partial charge on any atom is -0.436 e. The smallest absolute Gasteiger partial charge is 0.288 e. The quantitative estimate of drug-likeness (QED) is 0.190. The normalized spacial score (nSPS) is 11.4. The number of aromatic nitrogens is 1. The second-order valence-electron chi connectivity index (χ2n) is 6.02. The zero-order valence-corrected chi connectivity index (χ0v) is 16.7. The highest BCUT2D eigenvalue weighted by Crippen LogP contribution is 2.33. The molecule has 29 heavy (non-hydrogen) atoms. The lowest BCUT2D eigenvalue weighted by Gasteiger charge is -1.98. The van der Waals surface area contributed by atoms with Gasteiger partial charge < -0.3 is 4.42 Å². The Bertz CT molecular complexity index is 1280. The summed E-state index contributed by atoms with van der Waals surface area (Å²) in [5, 5.41) is 12.0. The van der Waals surface area contributed by atoms with Gasteiger partial charge in [-0.15, -0.1) is 0 Å². The molecule has 0 fully saturated rings. The van der Waals surface area contributed by atoms with Gasteiger partial charge in [0.1, 0.15) is 10.5 Å². The summed E-state index contributed by atoms with van der Waals surface area (Å²) < 4.78 is 5.77. The Hall–Kier alpha value is -2.93. The van der Waals surface area contributed by atoms with Crippen LogP contribution in [0.15, 0.2) is 64.0 Å². The maximum absolute atomic E-state index is 11.0. The van der Waals surface area contributed by atoms with Crippen molar-refractivity contribution in [3.63, 3.8) is 0 Å². The Morgan fingerprint density at radius 2 is 1.83 bits per heavy atom. The molecule has 0 spiro atoms. The molecule has 0 atom stereocenters. The summed E-state index contributed by atoms with van der Waals surface area (Å²) in [6.45, 7) is 0. The highest BCUT2D eigenvalue weighted by molar-refractivity contribution is 6.36. The van der Waals surface area contributed by atoms with Gasteiger partial charge in [0, 0.05) is 17.3 Å². The number of rotatable bonds is 4. The molecule has 0 aliphatic carbocycles. The molecule has 4 aromatic rings. The Kier molecular flexibility index (Phi) is 5.24. The third-order valence-corrected chi connectivity index (χ3v) is 4.93. The van der Waals surface area contributed by atoms with E-state index < -0.39 is 4.92 Å². The number of fused-ring (bicyclic) bond motifs is 1. The Morgan fingerprint density at radius 3 is 2.59 bits per heavy atom. The van der Waals surface area contributed by atoms with Crippen LogP contribution in [0.2, 0.25) is 15.1 Å². The van der Waals surface area contributed by atoms with Crippen LogP contribution in [0.5, 0.6) is 0 Å². The van der Waals surface area contributed by atoms with Crippen molar-refractivity contribution in [2.45, 2.75) is 0 Å². The van der Waals surface area contributed by atoms with Gasteiger partial charge in [0.2, 0.25) is 5.89 Å². The van der Waals surface area contributed by atoms with Gasteiger partial charge in [-0.25, -0.2) is 4.98 Å². The van der Waals surface area contributed by atoms with E-state index in [1.165, 1.54) is 18.3 Å². The van der Waals surface area contributed by atoms with Crippen LogP contribution >= 0.6 is 34.8 Å². The summed E-state index contributed by atoms with van der Waals surface area (Å²) in [5.74, 6) is 0.371. The van der Waals surface area contributed by atoms with Crippen molar-refractivity contribution >= 4 is 63.5 Å². The summed E-state index contributed by atoms with van der Waals surface area (Å²) in [5.41, 5.74) is 2.79. The molecule has 0 bridgehead atoms. The van der Waals surface area contributed by atoms with E-state index in [0.29, 0.717) is 43.9 Å². The number of nitro groups is 1. The summed E-state index contributed by atoms with van der Waals surface area (Å²) in [7, 11) is 0. The maximum atomic E-state index is 11.0. The van der Waals surface area contributed by atoms with Gasteiger partial charge in [0.15, 0.2) is 5.58 Å². The molecule has 1 heterocycles. The van der Waals surface area contributed by atoms with Crippen LogP contribution < -0.4 is 0 Å². The van der Waals surface area contributed by atoms with Gasteiger partial charge in [-0.1, -0.05) is 40.9 Å². The van der Waals surface area contributed by atoms with Gasteiger partial charge in [0.25, 0.3) is 5.69 Å². The number of nitro benzene ring substituents is 1. The number of hydrogen-bond acceptors (Lipinski definition) is 5. The molecule has 1 aromatic heterocycles. The van der Waals surface area contributed by atoms with E-state index in [-0.39, 0.29) is 10.7 Å². The first-order chi connectivity index (χ1) is 13.9. The van der Waals surface area contributed by atoms with Gasteiger partial charge >= 0.3 is 0 Å². The molecule has 0 amide bonds. The number of nitrogens with zero attached hydrogens (tertiary/aromatic N) is 3. The van der Waals surface area contributed by atoms with E-state index in [2.05, 4.69) is 9.98 Å². The van der Waals surface area contributed by atoms with E-state index in [1.807, 2.05) is 0 Å². The first kappa shape index (κ1) is 19.4. The molecule has 0 N–H and O–H groups in total. The number of oxazole rings is 1. The third-order valence-electron chi connectivity index (χ3n) is 4.06. The molecule has 0 saturated carbocycles. The third kappa shape index (κ3) is 4.10. The average Bonchev–Trinajstić information content (AvgIpc) is 3.10. The van der Waals surface area contributed by atoms with Crippen LogP contribution in [0.3, 0.4) is 0 Å². The van der Waals surface area contributed by atoms with Gasteiger partial charge in [-0.05, 0) is 48.0 Å². The standard InChI is InChI=1S/C20H10Cl3N3O3/c21-12-2-4-14(16(23)8-12)20-25-17-9-13(3-6-19(17)29-20)24-10-11-1-5-15(22)18(7-11)26(27)28/h1-10H. The molecule has 9 heteroatoms. The predicted molar refractivity (Wildman–Crippen MR) is 115 cm³/mol. The Balaban J connectivity index is 1.65. The zero-order chi connectivity index (χ0) is 20.5. The van der Waals surface area contributed by atoms with Crippen LogP contribution in [0.25, 0.3) is 22.6 Å². The Labute approximate surface area is 179 Å². The minimum absolute atomic E-state index is 0.0737. The second-order valence-corrected chi connectivity index (χ2v) is 7.27. The Morgan fingerprint density at radius 1 is 1.00 bits per heavy atom. The van der Waals surface area contributed by atoms with E-state index >= 15 is 0 Å². The van der Waals surface area contributed by atoms with Crippen molar-refractivity contribution in [2.24, 2.45) is 4.99 Å². The molecule has 0 aliphatic heterocycles. The minimum atomic E-state index is -0.537. The molecule has 0 saturated heterocycles. The van der Waals surface area contributed by atoms with Gasteiger partial charge in [0.05, 0.1) is 21.2 Å². The highest BCUT2D eigenvalue weighted by Gasteiger charge is 2.13. The summed E-state index contributed by atoms with van der Waals surface area (Å²) in [6, 6.07) is 14.8. The molecule has 144 valence electrons. The van der Waals surface area contributed by atoms with Gasteiger partial charge in [-0.3, -0.25) is 15.1 Å². The topological polar surface area (TPSA) is 81.5 Å². The molecule has 0 unspecified atom stereocenters. The highest BCUT2D eigenvalue weighted by atomic mass is 35.5. The molecule has 0 radical (unpaired) electrons.